The van der Waals surface area contributed by atoms with Gasteiger partial charge >= 0.3 is 0 Å². The van der Waals surface area contributed by atoms with Crippen molar-refractivity contribution in [2.45, 2.75) is 12.8 Å². The first-order chi connectivity index (χ1) is 14.2. The van der Waals surface area contributed by atoms with Crippen LogP contribution in [0.2, 0.25) is 0 Å². The van der Waals surface area contributed by atoms with E-state index in [1.807, 2.05) is 24.3 Å². The van der Waals surface area contributed by atoms with E-state index in [-0.39, 0.29) is 11.7 Å². The average molecular weight is 394 g/mol. The summed E-state index contributed by atoms with van der Waals surface area (Å²) < 4.78 is 18.2. The Balaban J connectivity index is 1.44. The number of benzene rings is 2. The van der Waals surface area contributed by atoms with Crippen LogP contribution in [0, 0.1) is 5.82 Å². The number of nitrogens with zero attached hydrogens (tertiary/aromatic N) is 2. The first-order valence-corrected chi connectivity index (χ1v) is 9.36. The Morgan fingerprint density at radius 1 is 1.00 bits per heavy atom. The molecule has 1 heterocycles. The van der Waals surface area contributed by atoms with Crippen molar-refractivity contribution in [1.29, 1.82) is 0 Å². The van der Waals surface area contributed by atoms with Crippen molar-refractivity contribution in [2.75, 3.05) is 25.5 Å². The molecule has 0 radical (unpaired) electrons. The molecule has 0 saturated heterocycles. The molecular weight excluding hydrogens is 371 g/mol. The zero-order valence-electron chi connectivity index (χ0n) is 16.2. The molecular formula is C22H23FN4O2. The van der Waals surface area contributed by atoms with Gasteiger partial charge in [-0.15, -0.1) is 0 Å². The van der Waals surface area contributed by atoms with E-state index in [9.17, 15) is 9.18 Å². The number of rotatable bonds is 9. The number of carbonyl (C=O) groups is 1. The van der Waals surface area contributed by atoms with Crippen LogP contribution in [0.5, 0.6) is 5.75 Å². The van der Waals surface area contributed by atoms with Gasteiger partial charge in [0.2, 0.25) is 5.95 Å². The SMILES string of the molecule is COc1ccccc1CCNc1ncc(C(=O)NCCc2ccc(F)cc2)cn1. The highest BCUT2D eigenvalue weighted by Gasteiger charge is 2.07. The van der Waals surface area contributed by atoms with Gasteiger partial charge in [-0.3, -0.25) is 4.79 Å². The number of aromatic nitrogens is 2. The molecule has 2 aromatic carbocycles. The van der Waals surface area contributed by atoms with Crippen molar-refractivity contribution in [2.24, 2.45) is 0 Å². The van der Waals surface area contributed by atoms with Crippen LogP contribution in [0.4, 0.5) is 10.3 Å². The van der Waals surface area contributed by atoms with Gasteiger partial charge in [0.15, 0.2) is 0 Å². The highest BCUT2D eigenvalue weighted by atomic mass is 19.1. The van der Waals surface area contributed by atoms with Crippen molar-refractivity contribution in [3.8, 4) is 5.75 Å². The highest BCUT2D eigenvalue weighted by molar-refractivity contribution is 5.93. The van der Waals surface area contributed by atoms with Gasteiger partial charge in [0.05, 0.1) is 12.7 Å². The van der Waals surface area contributed by atoms with Crippen molar-refractivity contribution in [1.82, 2.24) is 15.3 Å². The average Bonchev–Trinajstić information content (AvgIpc) is 2.76. The number of para-hydroxylation sites is 1. The van der Waals surface area contributed by atoms with Gasteiger partial charge in [-0.25, -0.2) is 14.4 Å². The van der Waals surface area contributed by atoms with Crippen molar-refractivity contribution < 1.29 is 13.9 Å². The number of nitrogens with one attached hydrogen (secondary N) is 2. The summed E-state index contributed by atoms with van der Waals surface area (Å²) in [5.74, 6) is 0.796. The number of amides is 1. The Bertz CT molecular complexity index is 930. The minimum atomic E-state index is -0.272. The molecule has 0 fully saturated rings. The fourth-order valence-electron chi connectivity index (χ4n) is 2.83. The first-order valence-electron chi connectivity index (χ1n) is 9.36. The fraction of sp³-hybridized carbons (Fsp3) is 0.227. The monoisotopic (exact) mass is 394 g/mol. The molecule has 7 heteroatoms. The van der Waals surface area contributed by atoms with Crippen molar-refractivity contribution in [3.63, 3.8) is 0 Å². The summed E-state index contributed by atoms with van der Waals surface area (Å²) in [7, 11) is 1.65. The minimum absolute atomic E-state index is 0.243. The Morgan fingerprint density at radius 3 is 2.45 bits per heavy atom. The fourth-order valence-corrected chi connectivity index (χ4v) is 2.83. The minimum Gasteiger partial charge on any atom is -0.496 e. The van der Waals surface area contributed by atoms with E-state index in [2.05, 4.69) is 20.6 Å². The predicted octanol–water partition coefficient (Wildman–Crippen LogP) is 3.25. The summed E-state index contributed by atoms with van der Waals surface area (Å²) in [6.07, 6.45) is 4.37. The standard InChI is InChI=1S/C22H23FN4O2/c1-29-20-5-3-2-4-17(20)11-13-25-22-26-14-18(15-27-22)21(28)24-12-10-16-6-8-19(23)9-7-16/h2-9,14-15H,10-13H2,1H3,(H,24,28)(H,25,26,27). The molecule has 150 valence electrons. The number of hydrogen-bond acceptors (Lipinski definition) is 5. The third kappa shape index (κ3) is 6.00. The van der Waals surface area contributed by atoms with E-state index in [0.29, 0.717) is 31.0 Å². The maximum Gasteiger partial charge on any atom is 0.254 e. The zero-order valence-corrected chi connectivity index (χ0v) is 16.2. The molecule has 0 aliphatic carbocycles. The molecule has 0 spiro atoms. The Labute approximate surface area is 169 Å². The van der Waals surface area contributed by atoms with E-state index in [4.69, 9.17) is 4.74 Å². The maximum absolute atomic E-state index is 12.9. The smallest absolute Gasteiger partial charge is 0.254 e. The predicted molar refractivity (Wildman–Crippen MR) is 110 cm³/mol. The molecule has 0 aliphatic rings. The highest BCUT2D eigenvalue weighted by Crippen LogP contribution is 2.17. The van der Waals surface area contributed by atoms with Crippen LogP contribution in [0.15, 0.2) is 60.9 Å². The summed E-state index contributed by atoms with van der Waals surface area (Å²) >= 11 is 0. The second-order valence-corrected chi connectivity index (χ2v) is 6.42. The van der Waals surface area contributed by atoms with E-state index in [1.54, 1.807) is 19.2 Å². The van der Waals surface area contributed by atoms with Crippen LogP contribution in [0.1, 0.15) is 21.5 Å². The van der Waals surface area contributed by atoms with E-state index in [1.165, 1.54) is 24.5 Å². The lowest BCUT2D eigenvalue weighted by Crippen LogP contribution is -2.26. The number of ether oxygens (including phenoxy) is 1. The van der Waals surface area contributed by atoms with Crippen LogP contribution in [0.3, 0.4) is 0 Å². The topological polar surface area (TPSA) is 76.1 Å². The molecule has 0 bridgehead atoms. The van der Waals surface area contributed by atoms with E-state index >= 15 is 0 Å². The van der Waals surface area contributed by atoms with Crippen LogP contribution in [0.25, 0.3) is 0 Å². The van der Waals surface area contributed by atoms with Gasteiger partial charge in [-0.2, -0.15) is 0 Å². The van der Waals surface area contributed by atoms with Gasteiger partial charge in [-0.1, -0.05) is 30.3 Å². The summed E-state index contributed by atoms with van der Waals surface area (Å²) in [6, 6.07) is 14.1. The van der Waals surface area contributed by atoms with Gasteiger partial charge < -0.3 is 15.4 Å². The van der Waals surface area contributed by atoms with Crippen LogP contribution in [-0.2, 0) is 12.8 Å². The molecule has 0 aliphatic heterocycles. The van der Waals surface area contributed by atoms with Crippen LogP contribution < -0.4 is 15.4 Å². The zero-order chi connectivity index (χ0) is 20.5. The summed E-state index contributed by atoms with van der Waals surface area (Å²) in [5, 5.41) is 5.95. The molecule has 1 aromatic heterocycles. The molecule has 6 nitrogen and oxygen atoms in total. The molecule has 0 saturated carbocycles. The van der Waals surface area contributed by atoms with Gasteiger partial charge in [0, 0.05) is 25.5 Å². The lowest BCUT2D eigenvalue weighted by atomic mass is 10.1. The molecule has 0 unspecified atom stereocenters. The maximum atomic E-state index is 12.9. The second kappa shape index (κ2) is 10.2. The number of halogens is 1. The molecule has 2 N–H and O–H groups in total. The quantitative estimate of drug-likeness (QED) is 0.583. The third-order valence-corrected chi connectivity index (χ3v) is 4.40. The van der Waals surface area contributed by atoms with E-state index in [0.717, 1.165) is 23.3 Å². The third-order valence-electron chi connectivity index (χ3n) is 4.40. The molecule has 3 rings (SSSR count). The Hall–Kier alpha value is -3.48. The number of hydrogen-bond donors (Lipinski definition) is 2. The van der Waals surface area contributed by atoms with Crippen molar-refractivity contribution in [3.05, 3.63) is 83.4 Å². The van der Waals surface area contributed by atoms with Gasteiger partial charge in [0.25, 0.3) is 5.91 Å². The molecule has 1 amide bonds. The summed E-state index contributed by atoms with van der Waals surface area (Å²) in [5.41, 5.74) is 2.44. The molecule has 29 heavy (non-hydrogen) atoms. The number of carbonyl (C=O) groups excluding carboxylic acids is 1. The van der Waals surface area contributed by atoms with Crippen LogP contribution >= 0.6 is 0 Å². The number of anilines is 1. The van der Waals surface area contributed by atoms with Gasteiger partial charge in [0.1, 0.15) is 11.6 Å². The van der Waals surface area contributed by atoms with Crippen LogP contribution in [-0.4, -0.2) is 36.1 Å². The second-order valence-electron chi connectivity index (χ2n) is 6.42. The number of methoxy groups -OCH3 is 1. The normalized spacial score (nSPS) is 10.4. The lowest BCUT2D eigenvalue weighted by molar-refractivity contribution is 0.0953. The van der Waals surface area contributed by atoms with Gasteiger partial charge in [-0.05, 0) is 42.2 Å². The van der Waals surface area contributed by atoms with E-state index < -0.39 is 0 Å². The largest absolute Gasteiger partial charge is 0.496 e. The summed E-state index contributed by atoms with van der Waals surface area (Å²) in [6.45, 7) is 1.09. The Kier molecular flexibility index (Phi) is 7.10. The first kappa shape index (κ1) is 20.3. The Morgan fingerprint density at radius 2 is 1.72 bits per heavy atom. The lowest BCUT2D eigenvalue weighted by Gasteiger charge is -2.09. The molecule has 3 aromatic rings. The van der Waals surface area contributed by atoms with Crippen molar-refractivity contribution >= 4 is 11.9 Å². The summed E-state index contributed by atoms with van der Waals surface area (Å²) in [4.78, 5) is 20.6. The molecule has 0 atom stereocenters.